The largest absolute Gasteiger partial charge is 0.393 e. The second-order valence-electron chi connectivity index (χ2n) is 11.3. The van der Waals surface area contributed by atoms with Gasteiger partial charge in [0, 0.05) is 12.3 Å². The molecule has 3 heteroatoms. The zero-order valence-corrected chi connectivity index (χ0v) is 19.7. The number of allylic oxidation sites excluding steroid dienone is 4. The lowest BCUT2D eigenvalue weighted by molar-refractivity contribution is 0.0518. The van der Waals surface area contributed by atoms with Gasteiger partial charge in [-0.3, -0.25) is 0 Å². The van der Waals surface area contributed by atoms with Gasteiger partial charge >= 0.3 is 0 Å². The summed E-state index contributed by atoms with van der Waals surface area (Å²) >= 11 is 0. The number of aliphatic hydroxyl groups is 2. The van der Waals surface area contributed by atoms with Crippen LogP contribution in [0.5, 0.6) is 0 Å². The van der Waals surface area contributed by atoms with Crippen LogP contribution >= 0.6 is 0 Å². The summed E-state index contributed by atoms with van der Waals surface area (Å²) in [6.07, 6.45) is 11.5. The van der Waals surface area contributed by atoms with E-state index in [0.717, 1.165) is 37.2 Å². The van der Waals surface area contributed by atoms with E-state index in [1.807, 2.05) is 0 Å². The maximum Gasteiger partial charge on any atom is 0.0811 e. The van der Waals surface area contributed by atoms with Crippen molar-refractivity contribution in [2.45, 2.75) is 85.4 Å². The normalized spacial score (nSPS) is 36.2. The van der Waals surface area contributed by atoms with Gasteiger partial charge in [0.2, 0.25) is 0 Å². The molecule has 3 rings (SSSR count). The van der Waals surface area contributed by atoms with Crippen molar-refractivity contribution in [1.29, 1.82) is 0 Å². The monoisotopic (exact) mass is 414 g/mol. The first kappa shape index (κ1) is 23.5. The van der Waals surface area contributed by atoms with E-state index >= 15 is 0 Å². The van der Waals surface area contributed by atoms with E-state index in [1.165, 1.54) is 18.4 Å². The molecular weight excluding hydrogens is 372 g/mol. The van der Waals surface area contributed by atoms with Gasteiger partial charge in [0.15, 0.2) is 0 Å². The van der Waals surface area contributed by atoms with Crippen molar-refractivity contribution in [1.82, 2.24) is 0 Å². The van der Waals surface area contributed by atoms with Crippen LogP contribution in [0.3, 0.4) is 0 Å². The molecule has 0 radical (unpaired) electrons. The third-order valence-electron chi connectivity index (χ3n) is 7.31. The predicted octanol–water partition coefficient (Wildman–Crippen LogP) is 5.75. The minimum absolute atomic E-state index is 0.203. The molecule has 0 unspecified atom stereocenters. The van der Waals surface area contributed by atoms with Crippen molar-refractivity contribution < 1.29 is 14.9 Å². The summed E-state index contributed by atoms with van der Waals surface area (Å²) < 4.78 is 6.06. The fraction of sp³-hybridized carbons (Fsp3) is 0.704. The third-order valence-corrected chi connectivity index (χ3v) is 7.31. The van der Waals surface area contributed by atoms with Crippen LogP contribution in [0.4, 0.5) is 0 Å². The van der Waals surface area contributed by atoms with Gasteiger partial charge in [0.1, 0.15) is 0 Å². The Hall–Kier alpha value is -1.16. The summed E-state index contributed by atoms with van der Waals surface area (Å²) in [7, 11) is 0. The van der Waals surface area contributed by atoms with Crippen molar-refractivity contribution in [2.24, 2.45) is 22.7 Å². The molecule has 3 aliphatic rings. The van der Waals surface area contributed by atoms with Crippen LogP contribution < -0.4 is 0 Å². The lowest BCUT2D eigenvalue weighted by Crippen LogP contribution is -2.33. The Bertz CT molecular complexity index is 736. The highest BCUT2D eigenvalue weighted by Gasteiger charge is 2.46. The van der Waals surface area contributed by atoms with Crippen LogP contribution in [0.15, 0.2) is 47.1 Å². The molecule has 0 aromatic heterocycles. The van der Waals surface area contributed by atoms with Crippen molar-refractivity contribution in [3.8, 4) is 0 Å². The standard InChI is InChI=1S/C27H42O3/c1-18(16-30-17-26(3,4)5)23-11-12-24-20(8-7-13-27(23,24)6)9-10-21-14-22(28)15-25(29)19(21)2/h9-11,18,22,24-25,28-29H,2,7-8,12-17H2,1,3-6H3/b20-9+,21-10-/t18-,22-,24+,25+,27-/m1/s1. The van der Waals surface area contributed by atoms with Crippen molar-refractivity contribution in [3.05, 3.63) is 47.1 Å². The third kappa shape index (κ3) is 5.18. The molecule has 2 N–H and O–H groups in total. The smallest absolute Gasteiger partial charge is 0.0811 e. The van der Waals surface area contributed by atoms with E-state index in [9.17, 15) is 10.2 Å². The number of hydrogen-bond donors (Lipinski definition) is 2. The van der Waals surface area contributed by atoms with Crippen LogP contribution in [-0.2, 0) is 4.74 Å². The molecule has 3 nitrogen and oxygen atoms in total. The fourth-order valence-corrected chi connectivity index (χ4v) is 5.71. The number of aliphatic hydroxyl groups excluding tert-OH is 2. The molecule has 2 saturated carbocycles. The van der Waals surface area contributed by atoms with Gasteiger partial charge in [-0.25, -0.2) is 0 Å². The van der Waals surface area contributed by atoms with Crippen LogP contribution in [0.25, 0.3) is 0 Å². The van der Waals surface area contributed by atoms with Crippen LogP contribution in [0.1, 0.15) is 73.1 Å². The van der Waals surface area contributed by atoms with Crippen molar-refractivity contribution >= 4 is 0 Å². The van der Waals surface area contributed by atoms with E-state index in [-0.39, 0.29) is 10.8 Å². The lowest BCUT2D eigenvalue weighted by atomic mass is 9.62. The molecule has 2 fully saturated rings. The minimum Gasteiger partial charge on any atom is -0.393 e. The second kappa shape index (κ2) is 9.14. The Balaban J connectivity index is 1.71. The maximum absolute atomic E-state index is 10.1. The minimum atomic E-state index is -0.622. The average molecular weight is 415 g/mol. The predicted molar refractivity (Wildman–Crippen MR) is 124 cm³/mol. The number of hydrogen-bond acceptors (Lipinski definition) is 3. The highest BCUT2D eigenvalue weighted by molar-refractivity contribution is 5.40. The highest BCUT2D eigenvalue weighted by Crippen LogP contribution is 2.56. The van der Waals surface area contributed by atoms with Crippen molar-refractivity contribution in [3.63, 3.8) is 0 Å². The van der Waals surface area contributed by atoms with Crippen molar-refractivity contribution in [2.75, 3.05) is 13.2 Å². The molecule has 0 aliphatic heterocycles. The Labute approximate surface area is 183 Å². The summed E-state index contributed by atoms with van der Waals surface area (Å²) in [6, 6.07) is 0. The summed E-state index contributed by atoms with van der Waals surface area (Å²) in [5.74, 6) is 0.998. The Morgan fingerprint density at radius 3 is 2.73 bits per heavy atom. The van der Waals surface area contributed by atoms with Crippen LogP contribution in [0.2, 0.25) is 0 Å². The Morgan fingerprint density at radius 2 is 2.03 bits per heavy atom. The SMILES string of the molecule is C=C1/C(=C\C=C2/CCC[C@]3(C)C([C@H](C)COCC(C)(C)C)=CC[C@@H]23)C[C@@H](O)C[C@@H]1O. The van der Waals surface area contributed by atoms with Gasteiger partial charge in [0.25, 0.3) is 0 Å². The number of ether oxygens (including phenoxy) is 1. The first-order valence-corrected chi connectivity index (χ1v) is 11.7. The second-order valence-corrected chi connectivity index (χ2v) is 11.3. The summed E-state index contributed by atoms with van der Waals surface area (Å²) in [6.45, 7) is 17.1. The van der Waals surface area contributed by atoms with Gasteiger partial charge in [-0.15, -0.1) is 0 Å². The summed E-state index contributed by atoms with van der Waals surface area (Å²) in [4.78, 5) is 0. The van der Waals surface area contributed by atoms with E-state index in [4.69, 9.17) is 4.74 Å². The van der Waals surface area contributed by atoms with Gasteiger partial charge in [-0.1, -0.05) is 70.6 Å². The molecule has 5 atom stereocenters. The maximum atomic E-state index is 10.1. The van der Waals surface area contributed by atoms with E-state index in [1.54, 1.807) is 5.57 Å². The van der Waals surface area contributed by atoms with Crippen LogP contribution in [0, 0.1) is 22.7 Å². The lowest BCUT2D eigenvalue weighted by Gasteiger charge is -2.42. The van der Waals surface area contributed by atoms with E-state index < -0.39 is 12.2 Å². The quantitative estimate of drug-likeness (QED) is 0.564. The molecular formula is C27H42O3. The van der Waals surface area contributed by atoms with Gasteiger partial charge in [-0.05, 0) is 60.0 Å². The molecule has 0 bridgehead atoms. The molecule has 168 valence electrons. The summed E-state index contributed by atoms with van der Waals surface area (Å²) in [5, 5.41) is 20.2. The van der Waals surface area contributed by atoms with Gasteiger partial charge in [-0.2, -0.15) is 0 Å². The van der Waals surface area contributed by atoms with Gasteiger partial charge in [0.05, 0.1) is 25.4 Å². The number of fused-ring (bicyclic) bond motifs is 1. The molecule has 30 heavy (non-hydrogen) atoms. The molecule has 0 amide bonds. The molecule has 0 aromatic carbocycles. The number of rotatable bonds is 5. The molecule has 0 heterocycles. The Morgan fingerprint density at radius 1 is 1.30 bits per heavy atom. The fourth-order valence-electron chi connectivity index (χ4n) is 5.71. The molecule has 0 spiro atoms. The Kier molecular flexibility index (Phi) is 7.16. The molecule has 0 aromatic rings. The average Bonchev–Trinajstić information content (AvgIpc) is 3.00. The van der Waals surface area contributed by atoms with E-state index in [0.29, 0.717) is 24.7 Å². The van der Waals surface area contributed by atoms with E-state index in [2.05, 4.69) is 59.4 Å². The zero-order chi connectivity index (χ0) is 22.1. The zero-order valence-electron chi connectivity index (χ0n) is 19.7. The highest BCUT2D eigenvalue weighted by atomic mass is 16.5. The molecule has 0 saturated heterocycles. The first-order valence-electron chi connectivity index (χ1n) is 11.7. The first-order chi connectivity index (χ1) is 14.0. The topological polar surface area (TPSA) is 49.7 Å². The summed E-state index contributed by atoms with van der Waals surface area (Å²) in [5.41, 5.74) is 5.27. The van der Waals surface area contributed by atoms with Crippen LogP contribution in [-0.4, -0.2) is 35.6 Å². The van der Waals surface area contributed by atoms with Gasteiger partial charge < -0.3 is 14.9 Å². The molecule has 3 aliphatic carbocycles.